The van der Waals surface area contributed by atoms with E-state index in [0.29, 0.717) is 24.4 Å². The lowest BCUT2D eigenvalue weighted by molar-refractivity contribution is -0.147. The third kappa shape index (κ3) is 7.39. The van der Waals surface area contributed by atoms with Crippen LogP contribution in [0, 0.1) is 5.92 Å². The summed E-state index contributed by atoms with van der Waals surface area (Å²) in [5.41, 5.74) is 0.712. The van der Waals surface area contributed by atoms with Crippen molar-refractivity contribution in [3.8, 4) is 0 Å². The van der Waals surface area contributed by atoms with Crippen molar-refractivity contribution in [1.82, 2.24) is 19.3 Å². The van der Waals surface area contributed by atoms with Gasteiger partial charge in [0.1, 0.15) is 17.8 Å². The van der Waals surface area contributed by atoms with Crippen molar-refractivity contribution in [2.24, 2.45) is 5.92 Å². The van der Waals surface area contributed by atoms with Crippen molar-refractivity contribution in [2.45, 2.75) is 97.4 Å². The van der Waals surface area contributed by atoms with Crippen molar-refractivity contribution in [2.75, 3.05) is 17.7 Å². The Morgan fingerprint density at radius 2 is 2.00 bits per heavy atom. The average Bonchev–Trinajstić information content (AvgIpc) is 3.22. The molecular weight excluding hydrogens is 466 g/mol. The quantitative estimate of drug-likeness (QED) is 0.360. The number of aromatic nitrogens is 3. The van der Waals surface area contributed by atoms with Gasteiger partial charge in [0, 0.05) is 31.7 Å². The fourth-order valence-electron chi connectivity index (χ4n) is 4.71. The molecule has 0 unspecified atom stereocenters. The van der Waals surface area contributed by atoms with E-state index in [4.69, 9.17) is 4.74 Å². The van der Waals surface area contributed by atoms with Gasteiger partial charge in [0.15, 0.2) is 6.73 Å². The van der Waals surface area contributed by atoms with E-state index in [2.05, 4.69) is 33.4 Å². The molecule has 3 rings (SSSR count). The van der Waals surface area contributed by atoms with E-state index in [9.17, 15) is 13.2 Å². The molecule has 2 heterocycles. The maximum absolute atomic E-state index is 12.3. The summed E-state index contributed by atoms with van der Waals surface area (Å²) < 4.78 is 34.2. The van der Waals surface area contributed by atoms with Gasteiger partial charge in [-0.2, -0.15) is 0 Å². The highest BCUT2D eigenvalue weighted by molar-refractivity contribution is 7.89. The second kappa shape index (κ2) is 12.7. The second-order valence-electron chi connectivity index (χ2n) is 9.69. The van der Waals surface area contributed by atoms with Crippen molar-refractivity contribution in [1.29, 1.82) is 0 Å². The van der Waals surface area contributed by atoms with Gasteiger partial charge in [0.25, 0.3) is 0 Å². The summed E-state index contributed by atoms with van der Waals surface area (Å²) in [4.78, 5) is 23.3. The standard InChI is InChI=1S/C25H41N5O4S/c1-5-8-9-19(7-3)10-11-23(31)34-18-30-13-12-22-24(26-17-27-25(22)30)29(4)21-15-20(16-21)28-35(32,33)14-6-2/h12-13,17,19-21,28H,5-11,14-16,18H2,1-4H3/t19-,20?,21?/m1/s1. The first-order chi connectivity index (χ1) is 16.8. The molecule has 0 saturated heterocycles. The highest BCUT2D eigenvalue weighted by Gasteiger charge is 2.35. The topological polar surface area (TPSA) is 106 Å². The fourth-order valence-corrected chi connectivity index (χ4v) is 6.07. The Labute approximate surface area is 209 Å². The molecule has 0 bridgehead atoms. The molecule has 10 heteroatoms. The SMILES string of the molecule is CCCC[C@@H](CC)CCC(=O)OCn1ccc2c(N(C)C3CC(NS(=O)(=O)CCC)C3)ncnc21. The molecule has 0 aromatic carbocycles. The summed E-state index contributed by atoms with van der Waals surface area (Å²) in [5, 5.41) is 0.881. The fraction of sp³-hybridized carbons (Fsp3) is 0.720. The lowest BCUT2D eigenvalue weighted by atomic mass is 9.86. The molecule has 2 aromatic heterocycles. The Balaban J connectivity index is 1.55. The largest absolute Gasteiger partial charge is 0.444 e. The first-order valence-electron chi connectivity index (χ1n) is 13.0. The Hall–Kier alpha value is -2.20. The summed E-state index contributed by atoms with van der Waals surface area (Å²) in [7, 11) is -1.23. The van der Waals surface area contributed by atoms with E-state index < -0.39 is 10.0 Å². The van der Waals surface area contributed by atoms with E-state index in [1.165, 1.54) is 25.6 Å². The average molecular weight is 508 g/mol. The molecular formula is C25H41N5O4S. The van der Waals surface area contributed by atoms with Crippen LogP contribution >= 0.6 is 0 Å². The monoisotopic (exact) mass is 507 g/mol. The number of anilines is 1. The zero-order valence-electron chi connectivity index (χ0n) is 21.6. The van der Waals surface area contributed by atoms with Crippen LogP contribution in [0.3, 0.4) is 0 Å². The van der Waals surface area contributed by atoms with Gasteiger partial charge >= 0.3 is 5.97 Å². The van der Waals surface area contributed by atoms with Gasteiger partial charge in [0.05, 0.1) is 11.1 Å². The minimum absolute atomic E-state index is 0.0328. The normalized spacial score (nSPS) is 18.9. The number of ether oxygens (including phenoxy) is 1. The summed E-state index contributed by atoms with van der Waals surface area (Å²) in [5.74, 6) is 1.35. The number of sulfonamides is 1. The third-order valence-electron chi connectivity index (χ3n) is 7.01. The van der Waals surface area contributed by atoms with Crippen LogP contribution in [0.1, 0.15) is 78.6 Å². The molecule has 0 amide bonds. The molecule has 1 N–H and O–H groups in total. The van der Waals surface area contributed by atoms with Gasteiger partial charge in [-0.05, 0) is 37.7 Å². The molecule has 0 spiro atoms. The van der Waals surface area contributed by atoms with E-state index >= 15 is 0 Å². The Bertz CT molecular complexity index is 1060. The third-order valence-corrected chi connectivity index (χ3v) is 8.65. The second-order valence-corrected chi connectivity index (χ2v) is 11.6. The van der Waals surface area contributed by atoms with Crippen LogP contribution in [-0.4, -0.2) is 53.8 Å². The van der Waals surface area contributed by atoms with Gasteiger partial charge < -0.3 is 9.64 Å². The maximum atomic E-state index is 12.3. The van der Waals surface area contributed by atoms with Crippen LogP contribution in [-0.2, 0) is 26.3 Å². The summed E-state index contributed by atoms with van der Waals surface area (Å²) in [6.45, 7) is 6.36. The Morgan fingerprint density at radius 3 is 2.69 bits per heavy atom. The number of carbonyl (C=O) groups is 1. The minimum atomic E-state index is -3.20. The van der Waals surface area contributed by atoms with E-state index in [1.54, 1.807) is 0 Å². The first kappa shape index (κ1) is 27.4. The lowest BCUT2D eigenvalue weighted by Crippen LogP contribution is -2.53. The predicted molar refractivity (Wildman–Crippen MR) is 139 cm³/mol. The molecule has 1 saturated carbocycles. The first-order valence-corrected chi connectivity index (χ1v) is 14.6. The molecule has 1 aliphatic carbocycles. The van der Waals surface area contributed by atoms with Gasteiger partial charge in [0.2, 0.25) is 10.0 Å². The van der Waals surface area contributed by atoms with E-state index in [0.717, 1.165) is 36.9 Å². The number of rotatable bonds is 15. The summed E-state index contributed by atoms with van der Waals surface area (Å²) in [6, 6.07) is 2.10. The van der Waals surface area contributed by atoms with Crippen LogP contribution in [0.2, 0.25) is 0 Å². The van der Waals surface area contributed by atoms with Gasteiger partial charge in [-0.15, -0.1) is 0 Å². The molecule has 1 atom stereocenters. The zero-order valence-corrected chi connectivity index (χ0v) is 22.4. The van der Waals surface area contributed by atoms with E-state index in [1.807, 2.05) is 30.8 Å². The maximum Gasteiger partial charge on any atom is 0.307 e. The van der Waals surface area contributed by atoms with Crippen molar-refractivity contribution < 1.29 is 17.9 Å². The highest BCUT2D eigenvalue weighted by Crippen LogP contribution is 2.32. The lowest BCUT2D eigenvalue weighted by Gasteiger charge is -2.41. The van der Waals surface area contributed by atoms with Gasteiger partial charge in [-0.25, -0.2) is 23.1 Å². The number of hydrogen-bond donors (Lipinski definition) is 1. The number of hydrogen-bond acceptors (Lipinski definition) is 7. The molecule has 1 fully saturated rings. The molecule has 9 nitrogen and oxygen atoms in total. The highest BCUT2D eigenvalue weighted by atomic mass is 32.2. The van der Waals surface area contributed by atoms with Crippen molar-refractivity contribution >= 4 is 32.8 Å². The molecule has 35 heavy (non-hydrogen) atoms. The molecule has 2 aromatic rings. The number of nitrogens with zero attached hydrogens (tertiary/aromatic N) is 4. The van der Waals surface area contributed by atoms with Crippen molar-refractivity contribution in [3.63, 3.8) is 0 Å². The molecule has 196 valence electrons. The van der Waals surface area contributed by atoms with Crippen LogP contribution in [0.25, 0.3) is 11.0 Å². The summed E-state index contributed by atoms with van der Waals surface area (Å²) >= 11 is 0. The molecule has 1 aliphatic rings. The van der Waals surface area contributed by atoms with E-state index in [-0.39, 0.29) is 30.5 Å². The van der Waals surface area contributed by atoms with Crippen molar-refractivity contribution in [3.05, 3.63) is 18.6 Å². The minimum Gasteiger partial charge on any atom is -0.444 e. The number of esters is 1. The number of carbonyl (C=O) groups excluding carboxylic acids is 1. The molecule has 0 radical (unpaired) electrons. The van der Waals surface area contributed by atoms with Crippen LogP contribution in [0.15, 0.2) is 18.6 Å². The Morgan fingerprint density at radius 1 is 1.23 bits per heavy atom. The predicted octanol–water partition coefficient (Wildman–Crippen LogP) is 4.23. The van der Waals surface area contributed by atoms with Crippen LogP contribution in [0.4, 0.5) is 5.82 Å². The number of nitrogens with one attached hydrogen (secondary N) is 1. The Kier molecular flexibility index (Phi) is 9.91. The van der Waals surface area contributed by atoms with Gasteiger partial charge in [-0.1, -0.05) is 46.5 Å². The summed E-state index contributed by atoms with van der Waals surface area (Å²) in [6.07, 6.45) is 11.4. The smallest absolute Gasteiger partial charge is 0.307 e. The van der Waals surface area contributed by atoms with Crippen LogP contribution in [0.5, 0.6) is 0 Å². The molecule has 0 aliphatic heterocycles. The van der Waals surface area contributed by atoms with Gasteiger partial charge in [-0.3, -0.25) is 9.36 Å². The number of unbranched alkanes of at least 4 members (excludes halogenated alkanes) is 1. The van der Waals surface area contributed by atoms with Crippen LogP contribution < -0.4 is 9.62 Å². The zero-order chi connectivity index (χ0) is 25.4. The number of fused-ring (bicyclic) bond motifs is 1.